The summed E-state index contributed by atoms with van der Waals surface area (Å²) in [4.78, 5) is 11.8. The van der Waals surface area contributed by atoms with Gasteiger partial charge in [0.2, 0.25) is 0 Å². The van der Waals surface area contributed by atoms with Crippen LogP contribution < -0.4 is 10.3 Å². The van der Waals surface area contributed by atoms with Gasteiger partial charge in [-0.05, 0) is 49.2 Å². The SMILES string of the molecule is COc1ccc(C=Nn2c(C)cc(C)cc2=O)cc1O. The highest BCUT2D eigenvalue weighted by Crippen LogP contribution is 2.25. The van der Waals surface area contributed by atoms with Gasteiger partial charge in [-0.15, -0.1) is 0 Å². The summed E-state index contributed by atoms with van der Waals surface area (Å²) in [7, 11) is 1.48. The Balaban J connectivity index is 2.35. The van der Waals surface area contributed by atoms with Crippen molar-refractivity contribution >= 4 is 6.21 Å². The third-order valence-electron chi connectivity index (χ3n) is 2.86. The van der Waals surface area contributed by atoms with E-state index >= 15 is 0 Å². The second kappa shape index (κ2) is 5.61. The zero-order chi connectivity index (χ0) is 14.7. The molecule has 1 aromatic carbocycles. The molecule has 20 heavy (non-hydrogen) atoms. The van der Waals surface area contributed by atoms with Crippen LogP contribution >= 0.6 is 0 Å². The van der Waals surface area contributed by atoms with Crippen molar-refractivity contribution < 1.29 is 9.84 Å². The Kier molecular flexibility index (Phi) is 3.89. The van der Waals surface area contributed by atoms with Gasteiger partial charge < -0.3 is 9.84 Å². The standard InChI is InChI=1S/C15H16N2O3/c1-10-6-11(2)17(15(19)7-10)16-9-12-4-5-14(20-3)13(18)8-12/h4-9,18H,1-3H3. The molecule has 5 nitrogen and oxygen atoms in total. The van der Waals surface area contributed by atoms with E-state index < -0.39 is 0 Å². The minimum absolute atomic E-state index is 0.0319. The average molecular weight is 272 g/mol. The van der Waals surface area contributed by atoms with Crippen LogP contribution in [-0.4, -0.2) is 23.1 Å². The van der Waals surface area contributed by atoms with Crippen LogP contribution in [0.1, 0.15) is 16.8 Å². The van der Waals surface area contributed by atoms with Gasteiger partial charge in [0.15, 0.2) is 11.5 Å². The summed E-state index contributed by atoms with van der Waals surface area (Å²) in [5.74, 6) is 0.426. The summed E-state index contributed by atoms with van der Waals surface area (Å²) in [6.45, 7) is 3.68. The number of nitrogens with zero attached hydrogens (tertiary/aromatic N) is 2. The van der Waals surface area contributed by atoms with Crippen LogP contribution in [0.4, 0.5) is 0 Å². The van der Waals surface area contributed by atoms with Crippen LogP contribution in [0.25, 0.3) is 0 Å². The maximum absolute atomic E-state index is 11.8. The number of hydrogen-bond acceptors (Lipinski definition) is 4. The van der Waals surface area contributed by atoms with Gasteiger partial charge in [-0.25, -0.2) is 4.68 Å². The highest BCUT2D eigenvalue weighted by molar-refractivity contribution is 5.80. The molecule has 1 heterocycles. The number of benzene rings is 1. The maximum Gasteiger partial charge on any atom is 0.271 e. The van der Waals surface area contributed by atoms with E-state index in [1.165, 1.54) is 30.1 Å². The Morgan fingerprint density at radius 1 is 1.25 bits per heavy atom. The Labute approximate surface area is 116 Å². The molecule has 1 aromatic heterocycles. The molecule has 0 aliphatic rings. The first-order chi connectivity index (χ1) is 9.51. The quantitative estimate of drug-likeness (QED) is 0.870. The number of hydrogen-bond donors (Lipinski definition) is 1. The largest absolute Gasteiger partial charge is 0.504 e. The molecule has 0 bridgehead atoms. The fourth-order valence-corrected chi connectivity index (χ4v) is 1.92. The van der Waals surface area contributed by atoms with Crippen molar-refractivity contribution in [1.29, 1.82) is 0 Å². The second-order valence-electron chi connectivity index (χ2n) is 4.50. The van der Waals surface area contributed by atoms with Gasteiger partial charge in [0.25, 0.3) is 5.56 Å². The van der Waals surface area contributed by atoms with Gasteiger partial charge >= 0.3 is 0 Å². The third-order valence-corrected chi connectivity index (χ3v) is 2.86. The fraction of sp³-hybridized carbons (Fsp3) is 0.200. The fourth-order valence-electron chi connectivity index (χ4n) is 1.92. The molecule has 104 valence electrons. The van der Waals surface area contributed by atoms with E-state index in [0.29, 0.717) is 11.3 Å². The lowest BCUT2D eigenvalue weighted by Gasteiger charge is -2.05. The van der Waals surface area contributed by atoms with E-state index in [4.69, 9.17) is 4.74 Å². The molecule has 0 aliphatic heterocycles. The minimum atomic E-state index is -0.184. The molecular formula is C15H16N2O3. The molecule has 2 aromatic rings. The molecule has 0 fully saturated rings. The third kappa shape index (κ3) is 2.88. The predicted octanol–water partition coefficient (Wildman–Crippen LogP) is 2.06. The van der Waals surface area contributed by atoms with Crippen LogP contribution in [-0.2, 0) is 0 Å². The van der Waals surface area contributed by atoms with Gasteiger partial charge in [-0.3, -0.25) is 4.79 Å². The molecule has 0 unspecified atom stereocenters. The highest BCUT2D eigenvalue weighted by atomic mass is 16.5. The van der Waals surface area contributed by atoms with E-state index in [9.17, 15) is 9.90 Å². The van der Waals surface area contributed by atoms with E-state index in [1.54, 1.807) is 12.1 Å². The van der Waals surface area contributed by atoms with Gasteiger partial charge in [0.05, 0.1) is 13.3 Å². The number of phenols is 1. The zero-order valence-corrected chi connectivity index (χ0v) is 11.6. The minimum Gasteiger partial charge on any atom is -0.504 e. The normalized spacial score (nSPS) is 10.9. The van der Waals surface area contributed by atoms with Gasteiger partial charge in [-0.2, -0.15) is 5.10 Å². The Morgan fingerprint density at radius 2 is 2.00 bits per heavy atom. The summed E-state index contributed by atoms with van der Waals surface area (Å²) in [5.41, 5.74) is 2.15. The summed E-state index contributed by atoms with van der Waals surface area (Å²) in [6, 6.07) is 8.31. The molecule has 0 spiro atoms. The van der Waals surface area contributed by atoms with Crippen molar-refractivity contribution in [3.05, 3.63) is 57.5 Å². The summed E-state index contributed by atoms with van der Waals surface area (Å²) in [6.07, 6.45) is 1.52. The van der Waals surface area contributed by atoms with Crippen LogP contribution in [0.15, 0.2) is 40.2 Å². The number of ether oxygens (including phenoxy) is 1. The Morgan fingerprint density at radius 3 is 2.60 bits per heavy atom. The van der Waals surface area contributed by atoms with Gasteiger partial charge in [0, 0.05) is 11.8 Å². The number of aromatic hydroxyl groups is 1. The van der Waals surface area contributed by atoms with Crippen molar-refractivity contribution in [2.24, 2.45) is 5.10 Å². The smallest absolute Gasteiger partial charge is 0.271 e. The first kappa shape index (κ1) is 13.9. The van der Waals surface area contributed by atoms with E-state index in [0.717, 1.165) is 11.3 Å². The Bertz CT molecular complexity index is 718. The number of rotatable bonds is 3. The van der Waals surface area contributed by atoms with Crippen molar-refractivity contribution in [2.45, 2.75) is 13.8 Å². The van der Waals surface area contributed by atoms with Crippen LogP contribution in [0.5, 0.6) is 11.5 Å². The lowest BCUT2D eigenvalue weighted by molar-refractivity contribution is 0.373. The number of phenolic OH excluding ortho intramolecular Hbond substituents is 1. The Hall–Kier alpha value is -2.56. The van der Waals surface area contributed by atoms with Crippen molar-refractivity contribution in [1.82, 2.24) is 4.68 Å². The second-order valence-corrected chi connectivity index (χ2v) is 4.50. The van der Waals surface area contributed by atoms with Crippen LogP contribution in [0, 0.1) is 13.8 Å². The topological polar surface area (TPSA) is 63.8 Å². The maximum atomic E-state index is 11.8. The van der Waals surface area contributed by atoms with E-state index in [-0.39, 0.29) is 11.3 Å². The predicted molar refractivity (Wildman–Crippen MR) is 77.8 cm³/mol. The van der Waals surface area contributed by atoms with Gasteiger partial charge in [-0.1, -0.05) is 0 Å². The number of aromatic nitrogens is 1. The summed E-state index contributed by atoms with van der Waals surface area (Å²) in [5, 5.41) is 13.8. The van der Waals surface area contributed by atoms with E-state index in [1.807, 2.05) is 19.9 Å². The lowest BCUT2D eigenvalue weighted by atomic mass is 10.2. The summed E-state index contributed by atoms with van der Waals surface area (Å²) < 4.78 is 6.28. The van der Waals surface area contributed by atoms with Crippen molar-refractivity contribution in [2.75, 3.05) is 7.11 Å². The molecule has 0 amide bonds. The molecule has 0 saturated carbocycles. The average Bonchev–Trinajstić information content (AvgIpc) is 2.37. The number of pyridine rings is 1. The molecule has 0 radical (unpaired) electrons. The molecule has 0 atom stereocenters. The zero-order valence-electron chi connectivity index (χ0n) is 11.6. The van der Waals surface area contributed by atoms with E-state index in [2.05, 4.69) is 5.10 Å². The van der Waals surface area contributed by atoms with Crippen molar-refractivity contribution in [3.8, 4) is 11.5 Å². The molecule has 0 aliphatic carbocycles. The molecule has 0 saturated heterocycles. The van der Waals surface area contributed by atoms with Crippen LogP contribution in [0.3, 0.4) is 0 Å². The molecule has 2 rings (SSSR count). The van der Waals surface area contributed by atoms with Crippen molar-refractivity contribution in [3.63, 3.8) is 0 Å². The molecular weight excluding hydrogens is 256 g/mol. The lowest BCUT2D eigenvalue weighted by Crippen LogP contribution is -2.18. The number of methoxy groups -OCH3 is 1. The first-order valence-corrected chi connectivity index (χ1v) is 6.13. The summed E-state index contributed by atoms with van der Waals surface area (Å²) >= 11 is 0. The van der Waals surface area contributed by atoms with Crippen LogP contribution in [0.2, 0.25) is 0 Å². The number of aryl methyl sites for hydroxylation is 2. The van der Waals surface area contributed by atoms with Gasteiger partial charge in [0.1, 0.15) is 0 Å². The monoisotopic (exact) mass is 272 g/mol. The first-order valence-electron chi connectivity index (χ1n) is 6.13. The highest BCUT2D eigenvalue weighted by Gasteiger charge is 2.02. The molecule has 5 heteroatoms. The molecule has 1 N–H and O–H groups in total.